The summed E-state index contributed by atoms with van der Waals surface area (Å²) >= 11 is 1.71. The zero-order chi connectivity index (χ0) is 14.1. The highest BCUT2D eigenvalue weighted by Gasteiger charge is 2.28. The maximum Gasteiger partial charge on any atom is 0.139 e. The van der Waals surface area contributed by atoms with Gasteiger partial charge in [-0.25, -0.2) is 9.97 Å². The van der Waals surface area contributed by atoms with E-state index in [1.807, 2.05) is 19.1 Å². The van der Waals surface area contributed by atoms with E-state index < -0.39 is 0 Å². The number of nitrogens with zero attached hydrogens (tertiary/aromatic N) is 2. The predicted octanol–water partition coefficient (Wildman–Crippen LogP) is 3.71. The van der Waals surface area contributed by atoms with Crippen LogP contribution >= 0.6 is 11.8 Å². The molecule has 1 aliphatic carbocycles. The van der Waals surface area contributed by atoms with Gasteiger partial charge in [-0.05, 0) is 38.2 Å². The molecule has 0 bridgehead atoms. The molecule has 0 saturated heterocycles. The van der Waals surface area contributed by atoms with Crippen LogP contribution < -0.4 is 11.1 Å². The van der Waals surface area contributed by atoms with Crippen LogP contribution in [0, 0.1) is 6.92 Å². The number of aromatic nitrogens is 2. The molecule has 104 valence electrons. The fourth-order valence-corrected chi connectivity index (χ4v) is 2.63. The third-order valence-electron chi connectivity index (χ3n) is 3.50. The first-order chi connectivity index (χ1) is 9.69. The zero-order valence-electron chi connectivity index (χ0n) is 11.7. The van der Waals surface area contributed by atoms with Gasteiger partial charge in [0.05, 0.1) is 5.69 Å². The molecule has 0 amide bonds. The molecule has 1 aliphatic rings. The van der Waals surface area contributed by atoms with Crippen LogP contribution in [0.4, 0.5) is 17.3 Å². The maximum absolute atomic E-state index is 6.01. The van der Waals surface area contributed by atoms with E-state index in [2.05, 4.69) is 33.7 Å². The molecule has 0 aliphatic heterocycles. The van der Waals surface area contributed by atoms with Gasteiger partial charge in [0.2, 0.25) is 0 Å². The third kappa shape index (κ3) is 2.58. The highest BCUT2D eigenvalue weighted by Crippen LogP contribution is 2.39. The average molecular weight is 286 g/mol. The molecule has 0 spiro atoms. The Hall–Kier alpha value is -1.75. The summed E-state index contributed by atoms with van der Waals surface area (Å²) in [5, 5.41) is 3.40. The van der Waals surface area contributed by atoms with Gasteiger partial charge in [0.25, 0.3) is 0 Å². The zero-order valence-corrected chi connectivity index (χ0v) is 12.5. The summed E-state index contributed by atoms with van der Waals surface area (Å²) in [6.07, 6.45) is 4.41. The van der Waals surface area contributed by atoms with Gasteiger partial charge in [0.15, 0.2) is 0 Å². The van der Waals surface area contributed by atoms with E-state index in [-0.39, 0.29) is 0 Å². The summed E-state index contributed by atoms with van der Waals surface area (Å²) in [5.41, 5.74) is 7.98. The van der Waals surface area contributed by atoms with Crippen molar-refractivity contribution in [2.45, 2.75) is 30.6 Å². The number of nitrogen functional groups attached to an aromatic ring is 1. The Bertz CT molecular complexity index is 638. The van der Waals surface area contributed by atoms with Gasteiger partial charge in [-0.3, -0.25) is 0 Å². The number of rotatable bonds is 4. The Morgan fingerprint density at radius 1 is 1.25 bits per heavy atom. The maximum atomic E-state index is 6.01. The van der Waals surface area contributed by atoms with E-state index >= 15 is 0 Å². The van der Waals surface area contributed by atoms with Crippen LogP contribution in [0.15, 0.2) is 29.2 Å². The lowest BCUT2D eigenvalue weighted by atomic mass is 10.2. The van der Waals surface area contributed by atoms with Crippen LogP contribution in [-0.2, 0) is 0 Å². The van der Waals surface area contributed by atoms with Crippen LogP contribution in [0.5, 0.6) is 0 Å². The monoisotopic (exact) mass is 286 g/mol. The van der Waals surface area contributed by atoms with Crippen molar-refractivity contribution in [1.82, 2.24) is 9.97 Å². The van der Waals surface area contributed by atoms with Crippen molar-refractivity contribution in [1.29, 1.82) is 0 Å². The van der Waals surface area contributed by atoms with Gasteiger partial charge in [0, 0.05) is 16.4 Å². The van der Waals surface area contributed by atoms with Gasteiger partial charge in [-0.15, -0.1) is 11.8 Å². The quantitative estimate of drug-likeness (QED) is 0.839. The lowest BCUT2D eigenvalue weighted by molar-refractivity contribution is 0.927. The number of para-hydroxylation sites is 1. The van der Waals surface area contributed by atoms with Gasteiger partial charge in [0.1, 0.15) is 17.5 Å². The van der Waals surface area contributed by atoms with E-state index in [1.54, 1.807) is 11.8 Å². The summed E-state index contributed by atoms with van der Waals surface area (Å²) in [7, 11) is 0. The molecule has 4 nitrogen and oxygen atoms in total. The number of nitrogens with one attached hydrogen (secondary N) is 1. The first kappa shape index (κ1) is 13.2. The predicted molar refractivity (Wildman–Crippen MR) is 84.7 cm³/mol. The number of benzene rings is 1. The Labute approximate surface area is 123 Å². The van der Waals surface area contributed by atoms with Crippen molar-refractivity contribution < 1.29 is 0 Å². The van der Waals surface area contributed by atoms with E-state index in [0.29, 0.717) is 11.7 Å². The molecule has 1 fully saturated rings. The number of nitrogens with two attached hydrogens (primary N) is 1. The molecule has 3 rings (SSSR count). The molecule has 2 aromatic rings. The first-order valence-electron chi connectivity index (χ1n) is 6.73. The fourth-order valence-electron chi connectivity index (χ4n) is 2.07. The first-order valence-corrected chi connectivity index (χ1v) is 7.95. The smallest absolute Gasteiger partial charge is 0.139 e. The summed E-state index contributed by atoms with van der Waals surface area (Å²) in [5.74, 6) is 2.76. The normalized spacial score (nSPS) is 14.3. The molecule has 0 radical (unpaired) electrons. The van der Waals surface area contributed by atoms with E-state index in [9.17, 15) is 0 Å². The SMILES string of the molecule is CSc1ccccc1Nc1nc(C2CC2)nc(N)c1C. The summed E-state index contributed by atoms with van der Waals surface area (Å²) in [6, 6.07) is 8.20. The van der Waals surface area contributed by atoms with Crippen LogP contribution in [-0.4, -0.2) is 16.2 Å². The van der Waals surface area contributed by atoms with Crippen molar-refractivity contribution in [3.05, 3.63) is 35.7 Å². The van der Waals surface area contributed by atoms with Gasteiger partial charge < -0.3 is 11.1 Å². The van der Waals surface area contributed by atoms with Crippen molar-refractivity contribution in [2.24, 2.45) is 0 Å². The average Bonchev–Trinajstić information content (AvgIpc) is 3.28. The van der Waals surface area contributed by atoms with Gasteiger partial charge in [-0.2, -0.15) is 0 Å². The van der Waals surface area contributed by atoms with Crippen molar-refractivity contribution in [3.8, 4) is 0 Å². The third-order valence-corrected chi connectivity index (χ3v) is 4.30. The molecule has 0 unspecified atom stereocenters. The number of hydrogen-bond donors (Lipinski definition) is 2. The summed E-state index contributed by atoms with van der Waals surface area (Å²) < 4.78 is 0. The minimum Gasteiger partial charge on any atom is -0.383 e. The molecular formula is C15H18N4S. The standard InChI is InChI=1S/C15H18N4S/c1-9-13(16)18-15(10-7-8-10)19-14(9)17-11-5-3-4-6-12(11)20-2/h3-6,10H,7-8H2,1-2H3,(H3,16,17,18,19). The van der Waals surface area contributed by atoms with Crippen LogP contribution in [0.1, 0.15) is 30.1 Å². The van der Waals surface area contributed by atoms with Gasteiger partial charge in [-0.1, -0.05) is 12.1 Å². The Kier molecular flexibility index (Phi) is 3.53. The van der Waals surface area contributed by atoms with E-state index in [4.69, 9.17) is 5.73 Å². The van der Waals surface area contributed by atoms with Crippen molar-refractivity contribution in [3.63, 3.8) is 0 Å². The molecule has 20 heavy (non-hydrogen) atoms. The highest BCUT2D eigenvalue weighted by molar-refractivity contribution is 7.98. The fraction of sp³-hybridized carbons (Fsp3) is 0.333. The number of thioether (sulfide) groups is 1. The molecular weight excluding hydrogens is 268 g/mol. The second kappa shape index (κ2) is 5.32. The van der Waals surface area contributed by atoms with Crippen molar-refractivity contribution in [2.75, 3.05) is 17.3 Å². The van der Waals surface area contributed by atoms with Crippen LogP contribution in [0.2, 0.25) is 0 Å². The number of hydrogen-bond acceptors (Lipinski definition) is 5. The lowest BCUT2D eigenvalue weighted by Crippen LogP contribution is -2.06. The second-order valence-corrected chi connectivity index (χ2v) is 5.89. The summed E-state index contributed by atoms with van der Waals surface area (Å²) in [4.78, 5) is 10.2. The number of anilines is 3. The van der Waals surface area contributed by atoms with Crippen LogP contribution in [0.3, 0.4) is 0 Å². The molecule has 1 saturated carbocycles. The lowest BCUT2D eigenvalue weighted by Gasteiger charge is -2.14. The largest absolute Gasteiger partial charge is 0.383 e. The topological polar surface area (TPSA) is 63.8 Å². The minimum atomic E-state index is 0.495. The van der Waals surface area contributed by atoms with E-state index in [0.717, 1.165) is 22.9 Å². The van der Waals surface area contributed by atoms with Crippen molar-refractivity contribution >= 4 is 29.1 Å². The molecule has 1 heterocycles. The van der Waals surface area contributed by atoms with Gasteiger partial charge >= 0.3 is 0 Å². The van der Waals surface area contributed by atoms with E-state index in [1.165, 1.54) is 17.7 Å². The minimum absolute atomic E-state index is 0.495. The molecule has 0 atom stereocenters. The molecule has 1 aromatic heterocycles. The molecule has 5 heteroatoms. The van der Waals surface area contributed by atoms with Crippen LogP contribution in [0.25, 0.3) is 0 Å². The Morgan fingerprint density at radius 2 is 2.00 bits per heavy atom. The Morgan fingerprint density at radius 3 is 2.70 bits per heavy atom. The second-order valence-electron chi connectivity index (χ2n) is 5.04. The highest BCUT2D eigenvalue weighted by atomic mass is 32.2. The summed E-state index contributed by atoms with van der Waals surface area (Å²) in [6.45, 7) is 1.95. The molecule has 1 aromatic carbocycles. The Balaban J connectivity index is 1.97. The molecule has 3 N–H and O–H groups in total.